The average molecular weight is 310 g/mol. The van der Waals surface area contributed by atoms with Crippen molar-refractivity contribution in [2.75, 3.05) is 13.2 Å². The maximum atomic E-state index is 6.56. The first-order valence-corrected chi connectivity index (χ1v) is 8.37. The second-order valence-electron chi connectivity index (χ2n) is 6.32. The van der Waals surface area contributed by atoms with E-state index in [2.05, 4.69) is 48.5 Å². The van der Waals surface area contributed by atoms with Gasteiger partial charge in [-0.1, -0.05) is 60.7 Å². The van der Waals surface area contributed by atoms with Crippen LogP contribution in [0.3, 0.4) is 0 Å². The van der Waals surface area contributed by atoms with Crippen LogP contribution in [0.2, 0.25) is 0 Å². The average Bonchev–Trinajstić information content (AvgIpc) is 3.51. The van der Waals surface area contributed by atoms with E-state index in [0.29, 0.717) is 12.2 Å². The molecule has 0 aromatic heterocycles. The van der Waals surface area contributed by atoms with Gasteiger partial charge in [0.1, 0.15) is 0 Å². The molecular formula is C20H22O3. The lowest BCUT2D eigenvalue weighted by atomic mass is 10.0. The summed E-state index contributed by atoms with van der Waals surface area (Å²) < 4.78 is 17.4. The summed E-state index contributed by atoms with van der Waals surface area (Å²) in [6.45, 7) is 1.71. The number of epoxide rings is 2. The van der Waals surface area contributed by atoms with Gasteiger partial charge in [0.25, 0.3) is 0 Å². The number of hydrogen-bond donors (Lipinski definition) is 0. The van der Waals surface area contributed by atoms with Gasteiger partial charge in [-0.05, 0) is 11.1 Å². The van der Waals surface area contributed by atoms with E-state index in [4.69, 9.17) is 14.2 Å². The minimum absolute atomic E-state index is 0.0626. The molecule has 0 bridgehead atoms. The van der Waals surface area contributed by atoms with Gasteiger partial charge in [0.05, 0.1) is 37.6 Å². The van der Waals surface area contributed by atoms with Gasteiger partial charge in [0.15, 0.2) is 0 Å². The Morgan fingerprint density at radius 3 is 1.48 bits per heavy atom. The van der Waals surface area contributed by atoms with E-state index in [1.165, 1.54) is 11.1 Å². The SMILES string of the molecule is c1ccc(C(CC2CO2)OC(CC2CO2)c2ccccc2)cc1. The van der Waals surface area contributed by atoms with E-state index >= 15 is 0 Å². The highest BCUT2D eigenvalue weighted by Crippen LogP contribution is 2.37. The Hall–Kier alpha value is -1.68. The van der Waals surface area contributed by atoms with E-state index in [-0.39, 0.29) is 12.2 Å². The molecule has 0 radical (unpaired) electrons. The molecule has 0 spiro atoms. The van der Waals surface area contributed by atoms with Crippen LogP contribution in [0, 0.1) is 0 Å². The molecule has 2 aromatic rings. The smallest absolute Gasteiger partial charge is 0.0858 e. The van der Waals surface area contributed by atoms with Gasteiger partial charge < -0.3 is 14.2 Å². The normalized spacial score (nSPS) is 24.9. The standard InChI is InChI=1S/C20H22O3/c1-3-7-15(8-4-1)19(11-17-13-21-17)23-20(12-18-14-22-18)16-9-5-2-6-10-16/h1-10,17-20H,11-14H2. The highest BCUT2D eigenvalue weighted by molar-refractivity contribution is 5.21. The predicted molar refractivity (Wildman–Crippen MR) is 88.2 cm³/mol. The Morgan fingerprint density at radius 1 is 0.739 bits per heavy atom. The first kappa shape index (κ1) is 14.9. The Morgan fingerprint density at radius 2 is 1.13 bits per heavy atom. The molecule has 120 valence electrons. The fourth-order valence-electron chi connectivity index (χ4n) is 2.96. The number of benzene rings is 2. The molecule has 0 aliphatic carbocycles. The summed E-state index contributed by atoms with van der Waals surface area (Å²) in [7, 11) is 0. The second kappa shape index (κ2) is 6.83. The highest BCUT2D eigenvalue weighted by Gasteiger charge is 2.33. The largest absolute Gasteiger partial charge is 0.373 e. The van der Waals surface area contributed by atoms with Crippen LogP contribution in [0.1, 0.15) is 36.2 Å². The van der Waals surface area contributed by atoms with Crippen molar-refractivity contribution < 1.29 is 14.2 Å². The Balaban J connectivity index is 1.53. The quantitative estimate of drug-likeness (QED) is 0.689. The first-order valence-electron chi connectivity index (χ1n) is 8.37. The van der Waals surface area contributed by atoms with Gasteiger partial charge in [-0.3, -0.25) is 0 Å². The molecule has 2 saturated heterocycles. The van der Waals surface area contributed by atoms with Crippen LogP contribution in [0.5, 0.6) is 0 Å². The molecule has 23 heavy (non-hydrogen) atoms. The van der Waals surface area contributed by atoms with Crippen molar-refractivity contribution in [2.45, 2.75) is 37.3 Å². The summed E-state index contributed by atoms with van der Waals surface area (Å²) in [5.74, 6) is 0. The van der Waals surface area contributed by atoms with Crippen LogP contribution in [0.15, 0.2) is 60.7 Å². The summed E-state index contributed by atoms with van der Waals surface area (Å²) in [4.78, 5) is 0. The molecule has 4 atom stereocenters. The molecule has 4 rings (SSSR count). The number of ether oxygens (including phenoxy) is 3. The molecule has 2 heterocycles. The van der Waals surface area contributed by atoms with Crippen molar-refractivity contribution in [3.63, 3.8) is 0 Å². The molecule has 2 aliphatic heterocycles. The lowest BCUT2D eigenvalue weighted by Crippen LogP contribution is -2.14. The topological polar surface area (TPSA) is 34.3 Å². The Bertz CT molecular complexity index is 550. The van der Waals surface area contributed by atoms with Crippen molar-refractivity contribution >= 4 is 0 Å². The molecule has 4 unspecified atom stereocenters. The minimum atomic E-state index is 0.0626. The highest BCUT2D eigenvalue weighted by atomic mass is 16.6. The molecule has 0 saturated carbocycles. The molecule has 2 aromatic carbocycles. The van der Waals surface area contributed by atoms with Gasteiger partial charge in [-0.2, -0.15) is 0 Å². The van der Waals surface area contributed by atoms with Crippen LogP contribution in [0.4, 0.5) is 0 Å². The molecule has 0 amide bonds. The first-order chi connectivity index (χ1) is 11.4. The van der Waals surface area contributed by atoms with E-state index in [1.807, 2.05) is 12.1 Å². The summed E-state index contributed by atoms with van der Waals surface area (Å²) in [6, 6.07) is 20.9. The van der Waals surface area contributed by atoms with Crippen molar-refractivity contribution in [1.29, 1.82) is 0 Å². The molecule has 3 heteroatoms. The van der Waals surface area contributed by atoms with Crippen molar-refractivity contribution in [2.24, 2.45) is 0 Å². The lowest BCUT2D eigenvalue weighted by Gasteiger charge is -2.25. The zero-order valence-corrected chi connectivity index (χ0v) is 13.1. The third kappa shape index (κ3) is 4.20. The molecule has 3 nitrogen and oxygen atoms in total. The van der Waals surface area contributed by atoms with Crippen molar-refractivity contribution in [3.05, 3.63) is 71.8 Å². The summed E-state index contributed by atoms with van der Waals surface area (Å²) in [5.41, 5.74) is 2.45. The van der Waals surface area contributed by atoms with Crippen LogP contribution in [-0.2, 0) is 14.2 Å². The molecule has 0 N–H and O–H groups in total. The summed E-state index contributed by atoms with van der Waals surface area (Å²) in [5, 5.41) is 0. The zero-order chi connectivity index (χ0) is 15.5. The van der Waals surface area contributed by atoms with E-state index in [0.717, 1.165) is 26.1 Å². The monoisotopic (exact) mass is 310 g/mol. The van der Waals surface area contributed by atoms with Gasteiger partial charge in [-0.25, -0.2) is 0 Å². The third-order valence-corrected chi connectivity index (χ3v) is 4.43. The van der Waals surface area contributed by atoms with Gasteiger partial charge in [-0.15, -0.1) is 0 Å². The molecular weight excluding hydrogens is 288 g/mol. The molecule has 2 fully saturated rings. The maximum absolute atomic E-state index is 6.56. The van der Waals surface area contributed by atoms with Gasteiger partial charge in [0.2, 0.25) is 0 Å². The predicted octanol–water partition coefficient (Wildman–Crippen LogP) is 4.06. The van der Waals surface area contributed by atoms with E-state index in [1.54, 1.807) is 0 Å². The van der Waals surface area contributed by atoms with E-state index in [9.17, 15) is 0 Å². The minimum Gasteiger partial charge on any atom is -0.373 e. The third-order valence-electron chi connectivity index (χ3n) is 4.43. The van der Waals surface area contributed by atoms with Gasteiger partial charge >= 0.3 is 0 Å². The lowest BCUT2D eigenvalue weighted by molar-refractivity contribution is -0.0302. The number of hydrogen-bond acceptors (Lipinski definition) is 3. The van der Waals surface area contributed by atoms with Crippen molar-refractivity contribution in [1.82, 2.24) is 0 Å². The van der Waals surface area contributed by atoms with Gasteiger partial charge in [0, 0.05) is 12.8 Å². The van der Waals surface area contributed by atoms with Crippen LogP contribution in [-0.4, -0.2) is 25.4 Å². The zero-order valence-electron chi connectivity index (χ0n) is 13.1. The van der Waals surface area contributed by atoms with Crippen LogP contribution in [0.25, 0.3) is 0 Å². The molecule has 2 aliphatic rings. The number of rotatable bonds is 8. The summed E-state index contributed by atoms with van der Waals surface area (Å²) in [6.07, 6.45) is 2.64. The van der Waals surface area contributed by atoms with E-state index < -0.39 is 0 Å². The fraction of sp³-hybridized carbons (Fsp3) is 0.400. The Kier molecular flexibility index (Phi) is 4.42. The van der Waals surface area contributed by atoms with Crippen LogP contribution >= 0.6 is 0 Å². The maximum Gasteiger partial charge on any atom is 0.0858 e. The Labute approximate surface area is 137 Å². The fourth-order valence-corrected chi connectivity index (χ4v) is 2.96. The van der Waals surface area contributed by atoms with Crippen molar-refractivity contribution in [3.8, 4) is 0 Å². The summed E-state index contributed by atoms with van der Waals surface area (Å²) >= 11 is 0. The van der Waals surface area contributed by atoms with Crippen LogP contribution < -0.4 is 0 Å². The second-order valence-corrected chi connectivity index (χ2v) is 6.32.